The van der Waals surface area contributed by atoms with Crippen molar-refractivity contribution in [3.05, 3.63) is 0 Å². The summed E-state index contributed by atoms with van der Waals surface area (Å²) in [5.74, 6) is 1.13. The highest BCUT2D eigenvalue weighted by Crippen LogP contribution is 2.15. The van der Waals surface area contributed by atoms with Crippen LogP contribution in [0.15, 0.2) is 4.99 Å². The van der Waals surface area contributed by atoms with Gasteiger partial charge in [-0.1, -0.05) is 0 Å². The molecule has 7 nitrogen and oxygen atoms in total. The number of nitrogens with one attached hydrogen (secondary N) is 2. The van der Waals surface area contributed by atoms with Gasteiger partial charge >= 0.3 is 0 Å². The Hall–Kier alpha value is -0.130. The second-order valence-corrected chi connectivity index (χ2v) is 8.81. The second kappa shape index (κ2) is 8.82. The molecule has 1 atom stereocenters. The molecule has 2 fully saturated rings. The lowest BCUT2D eigenvalue weighted by Crippen LogP contribution is -2.57. The maximum Gasteiger partial charge on any atom is 0.191 e. The Morgan fingerprint density at radius 3 is 2.52 bits per heavy atom. The van der Waals surface area contributed by atoms with Gasteiger partial charge in [0.05, 0.1) is 24.7 Å². The lowest BCUT2D eigenvalue weighted by Gasteiger charge is -2.41. The van der Waals surface area contributed by atoms with Gasteiger partial charge in [0.15, 0.2) is 15.8 Å². The summed E-state index contributed by atoms with van der Waals surface area (Å²) >= 11 is 0. The van der Waals surface area contributed by atoms with Gasteiger partial charge in [0.1, 0.15) is 0 Å². The van der Waals surface area contributed by atoms with E-state index in [2.05, 4.69) is 34.4 Å². The highest BCUT2D eigenvalue weighted by molar-refractivity contribution is 14.0. The van der Waals surface area contributed by atoms with Crippen LogP contribution in [0.4, 0.5) is 0 Å². The molecule has 0 aromatic carbocycles. The first-order chi connectivity index (χ1) is 10.3. The SMILES string of the molecule is CN=C(NCC(C)(C)N1CCOCC1)NC1CCS(=O)(=O)C1.I. The summed E-state index contributed by atoms with van der Waals surface area (Å²) in [6.07, 6.45) is 0.649. The van der Waals surface area contributed by atoms with Crippen molar-refractivity contribution in [1.82, 2.24) is 15.5 Å². The van der Waals surface area contributed by atoms with Gasteiger partial charge in [0, 0.05) is 38.3 Å². The maximum atomic E-state index is 11.5. The number of hydrogen-bond donors (Lipinski definition) is 2. The maximum absolute atomic E-state index is 11.5. The van der Waals surface area contributed by atoms with Crippen LogP contribution in [-0.4, -0.2) is 82.3 Å². The van der Waals surface area contributed by atoms with Crippen LogP contribution in [0.25, 0.3) is 0 Å². The van der Waals surface area contributed by atoms with Crippen molar-refractivity contribution >= 4 is 39.8 Å². The zero-order valence-corrected chi connectivity index (χ0v) is 17.3. The summed E-state index contributed by atoms with van der Waals surface area (Å²) in [4.78, 5) is 6.60. The summed E-state index contributed by atoms with van der Waals surface area (Å²) < 4.78 is 28.4. The summed E-state index contributed by atoms with van der Waals surface area (Å²) in [6.45, 7) is 8.54. The van der Waals surface area contributed by atoms with Gasteiger partial charge in [-0.05, 0) is 20.3 Å². The average molecular weight is 460 g/mol. The third kappa shape index (κ3) is 6.35. The molecule has 2 rings (SSSR count). The summed E-state index contributed by atoms with van der Waals surface area (Å²) in [7, 11) is -1.17. The molecule has 0 saturated carbocycles. The van der Waals surface area contributed by atoms with Crippen molar-refractivity contribution in [2.45, 2.75) is 31.8 Å². The zero-order chi connectivity index (χ0) is 16.2. The summed E-state index contributed by atoms with van der Waals surface area (Å²) in [5.41, 5.74) is -0.0108. The molecule has 2 heterocycles. The normalized spacial score (nSPS) is 25.7. The van der Waals surface area contributed by atoms with Gasteiger partial charge in [-0.15, -0.1) is 24.0 Å². The average Bonchev–Trinajstić information content (AvgIpc) is 2.83. The van der Waals surface area contributed by atoms with Crippen LogP contribution in [0.5, 0.6) is 0 Å². The van der Waals surface area contributed by atoms with E-state index in [0.29, 0.717) is 12.4 Å². The van der Waals surface area contributed by atoms with Crippen molar-refractivity contribution < 1.29 is 13.2 Å². The van der Waals surface area contributed by atoms with Crippen LogP contribution in [-0.2, 0) is 14.6 Å². The lowest BCUT2D eigenvalue weighted by molar-refractivity contribution is -0.00834. The summed E-state index contributed by atoms with van der Waals surface area (Å²) in [6, 6.07) is -0.0392. The smallest absolute Gasteiger partial charge is 0.191 e. The minimum atomic E-state index is -2.88. The molecule has 2 aliphatic rings. The van der Waals surface area contributed by atoms with Crippen LogP contribution in [0.2, 0.25) is 0 Å². The van der Waals surface area contributed by atoms with E-state index in [1.165, 1.54) is 0 Å². The predicted octanol–water partition coefficient (Wildman–Crippen LogP) is 0.0673. The first kappa shape index (κ1) is 20.9. The number of guanidine groups is 1. The number of nitrogens with zero attached hydrogens (tertiary/aromatic N) is 2. The first-order valence-electron chi connectivity index (χ1n) is 7.83. The number of morpholine rings is 1. The molecule has 1 unspecified atom stereocenters. The molecule has 0 radical (unpaired) electrons. The van der Waals surface area contributed by atoms with Crippen LogP contribution < -0.4 is 10.6 Å². The van der Waals surface area contributed by atoms with E-state index in [1.807, 2.05) is 0 Å². The van der Waals surface area contributed by atoms with Crippen LogP contribution in [0.1, 0.15) is 20.3 Å². The Morgan fingerprint density at radius 2 is 2.00 bits per heavy atom. The molecule has 0 amide bonds. The third-order valence-electron chi connectivity index (χ3n) is 4.35. The molecule has 2 aliphatic heterocycles. The Labute approximate surface area is 156 Å². The molecule has 9 heteroatoms. The molecule has 0 aliphatic carbocycles. The van der Waals surface area contributed by atoms with Crippen molar-refractivity contribution in [1.29, 1.82) is 0 Å². The van der Waals surface area contributed by atoms with E-state index >= 15 is 0 Å². The first-order valence-corrected chi connectivity index (χ1v) is 9.65. The van der Waals surface area contributed by atoms with Crippen LogP contribution in [0.3, 0.4) is 0 Å². The van der Waals surface area contributed by atoms with Crippen LogP contribution >= 0.6 is 24.0 Å². The van der Waals surface area contributed by atoms with Gasteiger partial charge in [0.2, 0.25) is 0 Å². The fourth-order valence-corrected chi connectivity index (χ4v) is 4.55. The number of halogens is 1. The molecule has 136 valence electrons. The molecule has 0 aromatic rings. The number of ether oxygens (including phenoxy) is 1. The van der Waals surface area contributed by atoms with E-state index in [1.54, 1.807) is 7.05 Å². The van der Waals surface area contributed by atoms with Crippen molar-refractivity contribution in [3.8, 4) is 0 Å². The highest BCUT2D eigenvalue weighted by Gasteiger charge is 2.30. The monoisotopic (exact) mass is 460 g/mol. The molecule has 23 heavy (non-hydrogen) atoms. The predicted molar refractivity (Wildman–Crippen MR) is 103 cm³/mol. The van der Waals surface area contributed by atoms with Gasteiger partial charge in [-0.2, -0.15) is 0 Å². The second-order valence-electron chi connectivity index (χ2n) is 6.58. The van der Waals surface area contributed by atoms with Crippen molar-refractivity contribution in [2.24, 2.45) is 4.99 Å². The van der Waals surface area contributed by atoms with E-state index in [9.17, 15) is 8.42 Å². The van der Waals surface area contributed by atoms with Gasteiger partial charge in [-0.25, -0.2) is 8.42 Å². The quantitative estimate of drug-likeness (QED) is 0.351. The molecular weight excluding hydrogens is 431 g/mol. The number of sulfone groups is 1. The third-order valence-corrected chi connectivity index (χ3v) is 6.12. The number of aliphatic imine (C=N–C) groups is 1. The Bertz CT molecular complexity index is 504. The molecular formula is C14H29IN4O3S. The minimum absolute atomic E-state index is 0. The molecule has 2 saturated heterocycles. The largest absolute Gasteiger partial charge is 0.379 e. The fourth-order valence-electron chi connectivity index (χ4n) is 2.88. The zero-order valence-electron chi connectivity index (χ0n) is 14.2. The standard InChI is InChI=1S/C14H28N4O3S.HI/c1-14(2,18-5-7-21-8-6-18)11-16-13(15-3)17-12-4-9-22(19,20)10-12;/h12H,4-11H2,1-3H3,(H2,15,16,17);1H. The Balaban J connectivity index is 0.00000264. The molecule has 2 N–H and O–H groups in total. The molecule has 0 spiro atoms. The fraction of sp³-hybridized carbons (Fsp3) is 0.929. The molecule has 0 aromatic heterocycles. The highest BCUT2D eigenvalue weighted by atomic mass is 127. The Kier molecular flexibility index (Phi) is 8.02. The van der Waals surface area contributed by atoms with E-state index in [4.69, 9.17) is 4.74 Å². The van der Waals surface area contributed by atoms with Gasteiger partial charge in [0.25, 0.3) is 0 Å². The van der Waals surface area contributed by atoms with E-state index < -0.39 is 9.84 Å². The van der Waals surface area contributed by atoms with Gasteiger partial charge < -0.3 is 15.4 Å². The topological polar surface area (TPSA) is 83.0 Å². The Morgan fingerprint density at radius 1 is 1.35 bits per heavy atom. The number of rotatable bonds is 4. The summed E-state index contributed by atoms with van der Waals surface area (Å²) in [5, 5.41) is 6.54. The van der Waals surface area contributed by atoms with E-state index in [0.717, 1.165) is 32.8 Å². The van der Waals surface area contributed by atoms with Crippen LogP contribution in [0, 0.1) is 0 Å². The van der Waals surface area contributed by atoms with Gasteiger partial charge in [-0.3, -0.25) is 9.89 Å². The van der Waals surface area contributed by atoms with Crippen molar-refractivity contribution in [3.63, 3.8) is 0 Å². The minimum Gasteiger partial charge on any atom is -0.379 e. The number of hydrogen-bond acceptors (Lipinski definition) is 5. The molecule has 0 bridgehead atoms. The lowest BCUT2D eigenvalue weighted by atomic mass is 10.0. The van der Waals surface area contributed by atoms with Crippen molar-refractivity contribution in [2.75, 3.05) is 51.4 Å². The van der Waals surface area contributed by atoms with E-state index in [-0.39, 0.29) is 47.1 Å².